The van der Waals surface area contributed by atoms with Crippen molar-refractivity contribution >= 4 is 34.8 Å². The normalized spacial score (nSPS) is 14.8. The zero-order valence-corrected chi connectivity index (χ0v) is 12.9. The van der Waals surface area contributed by atoms with Crippen LogP contribution < -0.4 is 5.32 Å². The third-order valence-corrected chi connectivity index (χ3v) is 3.58. The molecule has 0 bridgehead atoms. The predicted molar refractivity (Wildman–Crippen MR) is 78.6 cm³/mol. The predicted octanol–water partition coefficient (Wildman–Crippen LogP) is 1.92. The standard InChI is InChI=1S/C13H9ClF3N3O5/c14-11-7(3-6(13(15,16)17)4-9(11)20(24)25)18-8-5-10(22)19(1-2-21)12(8)23/h3-5,18,21H,1-2H2. The Hall–Kier alpha value is -2.66. The number of alkyl halides is 3. The topological polar surface area (TPSA) is 113 Å². The molecule has 12 heteroatoms. The number of carbonyl (C=O) groups excluding carboxylic acids is 2. The Morgan fingerprint density at radius 1 is 1.32 bits per heavy atom. The lowest BCUT2D eigenvalue weighted by Crippen LogP contribution is -2.34. The van der Waals surface area contributed by atoms with Gasteiger partial charge in [0.2, 0.25) is 0 Å². The van der Waals surface area contributed by atoms with E-state index in [0.29, 0.717) is 11.0 Å². The van der Waals surface area contributed by atoms with Crippen molar-refractivity contribution in [3.8, 4) is 0 Å². The molecule has 1 aromatic carbocycles. The molecule has 0 aromatic heterocycles. The van der Waals surface area contributed by atoms with Crippen molar-refractivity contribution in [3.05, 3.63) is 44.6 Å². The van der Waals surface area contributed by atoms with Gasteiger partial charge in [-0.3, -0.25) is 24.6 Å². The fourth-order valence-electron chi connectivity index (χ4n) is 2.05. The molecule has 1 aliphatic heterocycles. The molecule has 0 unspecified atom stereocenters. The third kappa shape index (κ3) is 3.72. The minimum Gasteiger partial charge on any atom is -0.395 e. The molecule has 0 atom stereocenters. The van der Waals surface area contributed by atoms with Crippen molar-refractivity contribution in [1.82, 2.24) is 4.90 Å². The highest BCUT2D eigenvalue weighted by atomic mass is 35.5. The van der Waals surface area contributed by atoms with E-state index in [1.807, 2.05) is 0 Å². The number of β-amino-alcohol motifs (C(OH)–C–C–N with tert-alkyl or cyclic N) is 1. The Labute approximate surface area is 142 Å². The van der Waals surface area contributed by atoms with Gasteiger partial charge in [-0.2, -0.15) is 13.2 Å². The summed E-state index contributed by atoms with van der Waals surface area (Å²) in [6, 6.07) is 0.754. The van der Waals surface area contributed by atoms with Gasteiger partial charge in [0.25, 0.3) is 17.5 Å². The molecule has 8 nitrogen and oxygen atoms in total. The highest BCUT2D eigenvalue weighted by molar-refractivity contribution is 6.35. The van der Waals surface area contributed by atoms with Gasteiger partial charge in [-0.1, -0.05) is 11.6 Å². The number of benzene rings is 1. The summed E-state index contributed by atoms with van der Waals surface area (Å²) in [4.78, 5) is 34.1. The highest BCUT2D eigenvalue weighted by Crippen LogP contribution is 2.40. The summed E-state index contributed by atoms with van der Waals surface area (Å²) in [7, 11) is 0. The number of imide groups is 1. The van der Waals surface area contributed by atoms with E-state index in [-0.39, 0.29) is 12.6 Å². The van der Waals surface area contributed by atoms with E-state index in [1.165, 1.54) is 0 Å². The molecule has 25 heavy (non-hydrogen) atoms. The average molecular weight is 380 g/mol. The van der Waals surface area contributed by atoms with E-state index in [2.05, 4.69) is 5.32 Å². The van der Waals surface area contributed by atoms with Gasteiger partial charge >= 0.3 is 6.18 Å². The minimum absolute atomic E-state index is 0.265. The fourth-order valence-corrected chi connectivity index (χ4v) is 2.28. The van der Waals surface area contributed by atoms with E-state index in [9.17, 15) is 32.9 Å². The monoisotopic (exact) mass is 379 g/mol. The van der Waals surface area contributed by atoms with Crippen LogP contribution in [0.2, 0.25) is 5.02 Å². The first-order valence-electron chi connectivity index (χ1n) is 6.56. The number of nitrogens with zero attached hydrogens (tertiary/aromatic N) is 2. The maximum Gasteiger partial charge on any atom is 0.416 e. The quantitative estimate of drug-likeness (QED) is 0.459. The van der Waals surface area contributed by atoms with Crippen molar-refractivity contribution < 1.29 is 32.8 Å². The Kier molecular flexibility index (Phi) is 4.99. The molecule has 1 heterocycles. The molecule has 2 rings (SSSR count). The van der Waals surface area contributed by atoms with Crippen LogP contribution in [0.3, 0.4) is 0 Å². The number of hydrogen-bond acceptors (Lipinski definition) is 6. The molecule has 0 aliphatic carbocycles. The average Bonchev–Trinajstić information content (AvgIpc) is 2.76. The number of amides is 2. The minimum atomic E-state index is -4.89. The lowest BCUT2D eigenvalue weighted by atomic mass is 10.1. The first kappa shape index (κ1) is 18.7. The molecule has 2 N–H and O–H groups in total. The molecule has 0 saturated carbocycles. The van der Waals surface area contributed by atoms with Crippen molar-refractivity contribution in [2.75, 3.05) is 18.5 Å². The lowest BCUT2D eigenvalue weighted by Gasteiger charge is -2.15. The van der Waals surface area contributed by atoms with E-state index in [4.69, 9.17) is 16.7 Å². The molecule has 0 saturated heterocycles. The van der Waals surface area contributed by atoms with Gasteiger partial charge in [-0.15, -0.1) is 0 Å². The van der Waals surface area contributed by atoms with Crippen LogP contribution in [0.1, 0.15) is 5.56 Å². The molecule has 0 spiro atoms. The second-order valence-electron chi connectivity index (χ2n) is 4.81. The molecule has 0 radical (unpaired) electrons. The summed E-state index contributed by atoms with van der Waals surface area (Å²) in [5.74, 6) is -1.70. The second-order valence-corrected chi connectivity index (χ2v) is 5.19. The Bertz CT molecular complexity index is 794. The number of nitro groups is 1. The lowest BCUT2D eigenvalue weighted by molar-refractivity contribution is -0.384. The van der Waals surface area contributed by atoms with Crippen molar-refractivity contribution in [3.63, 3.8) is 0 Å². The van der Waals surface area contributed by atoms with Gasteiger partial charge in [0.05, 0.1) is 29.3 Å². The number of nitrogens with one attached hydrogen (secondary N) is 1. The first-order valence-corrected chi connectivity index (χ1v) is 6.94. The van der Waals surface area contributed by atoms with Gasteiger partial charge in [-0.05, 0) is 6.07 Å². The number of anilines is 1. The summed E-state index contributed by atoms with van der Waals surface area (Å²) >= 11 is 5.74. The van der Waals surface area contributed by atoms with Gasteiger partial charge in [0, 0.05) is 12.1 Å². The van der Waals surface area contributed by atoms with Crippen LogP contribution in [0.25, 0.3) is 0 Å². The SMILES string of the molecule is O=C1C=C(Nc2cc(C(F)(F)F)cc([N+](=O)[O-])c2Cl)C(=O)N1CCO. The van der Waals surface area contributed by atoms with E-state index >= 15 is 0 Å². The first-order chi connectivity index (χ1) is 11.6. The Morgan fingerprint density at radius 2 is 1.96 bits per heavy atom. The second kappa shape index (κ2) is 6.69. The number of nitro benzene ring substituents is 1. The Balaban J connectivity index is 2.45. The number of halogens is 4. The summed E-state index contributed by atoms with van der Waals surface area (Å²) in [6.07, 6.45) is -4.10. The molecule has 2 amide bonds. The fraction of sp³-hybridized carbons (Fsp3) is 0.231. The highest BCUT2D eigenvalue weighted by Gasteiger charge is 2.36. The van der Waals surface area contributed by atoms with Crippen LogP contribution >= 0.6 is 11.6 Å². The molecular formula is C13H9ClF3N3O5. The summed E-state index contributed by atoms with van der Waals surface area (Å²) in [5.41, 5.74) is -3.34. The smallest absolute Gasteiger partial charge is 0.395 e. The summed E-state index contributed by atoms with van der Waals surface area (Å²) < 4.78 is 38.7. The van der Waals surface area contributed by atoms with Crippen LogP contribution in [0.15, 0.2) is 23.9 Å². The van der Waals surface area contributed by atoms with E-state index in [1.54, 1.807) is 0 Å². The van der Waals surface area contributed by atoms with Crippen molar-refractivity contribution in [2.24, 2.45) is 0 Å². The van der Waals surface area contributed by atoms with Crippen LogP contribution in [0, 0.1) is 10.1 Å². The van der Waals surface area contributed by atoms with E-state index < -0.39 is 57.2 Å². The van der Waals surface area contributed by atoms with Crippen molar-refractivity contribution in [2.45, 2.75) is 6.18 Å². The summed E-state index contributed by atoms with van der Waals surface area (Å²) in [5, 5.41) is 21.3. The van der Waals surface area contributed by atoms with Gasteiger partial charge in [0.1, 0.15) is 10.7 Å². The Morgan fingerprint density at radius 3 is 2.48 bits per heavy atom. The number of carbonyl (C=O) groups is 2. The largest absolute Gasteiger partial charge is 0.416 e. The van der Waals surface area contributed by atoms with Crippen LogP contribution in [-0.4, -0.2) is 39.9 Å². The number of aliphatic hydroxyl groups excluding tert-OH is 1. The zero-order chi connectivity index (χ0) is 18.9. The van der Waals surface area contributed by atoms with Crippen LogP contribution in [0.4, 0.5) is 24.5 Å². The zero-order valence-electron chi connectivity index (χ0n) is 12.1. The summed E-state index contributed by atoms with van der Waals surface area (Å²) in [6.45, 7) is -0.815. The third-order valence-electron chi connectivity index (χ3n) is 3.18. The van der Waals surface area contributed by atoms with Crippen LogP contribution in [0.5, 0.6) is 0 Å². The van der Waals surface area contributed by atoms with Gasteiger partial charge < -0.3 is 10.4 Å². The van der Waals surface area contributed by atoms with Crippen molar-refractivity contribution in [1.29, 1.82) is 0 Å². The maximum absolute atomic E-state index is 12.9. The molecule has 1 aliphatic rings. The molecular weight excluding hydrogens is 371 g/mol. The van der Waals surface area contributed by atoms with E-state index in [0.717, 1.165) is 6.08 Å². The van der Waals surface area contributed by atoms with Crippen LogP contribution in [-0.2, 0) is 15.8 Å². The number of rotatable bonds is 5. The molecule has 134 valence electrons. The number of aliphatic hydroxyl groups is 1. The van der Waals surface area contributed by atoms with Gasteiger partial charge in [0.15, 0.2) is 0 Å². The molecule has 0 fully saturated rings. The number of hydrogen-bond donors (Lipinski definition) is 2. The molecule has 1 aromatic rings. The van der Waals surface area contributed by atoms with Gasteiger partial charge in [-0.25, -0.2) is 0 Å². The maximum atomic E-state index is 12.9.